The van der Waals surface area contributed by atoms with E-state index in [2.05, 4.69) is 40.4 Å². The predicted octanol–water partition coefficient (Wildman–Crippen LogP) is 3.33. The number of rotatable bonds is 9. The van der Waals surface area contributed by atoms with Crippen LogP contribution in [-0.4, -0.2) is 54.0 Å². The molecule has 2 aromatic rings. The molecular formula is C21H33N5O. The molecule has 6 heteroatoms. The summed E-state index contributed by atoms with van der Waals surface area (Å²) in [7, 11) is 3.85. The molecule has 1 aromatic heterocycles. The Bertz CT molecular complexity index is 696. The van der Waals surface area contributed by atoms with E-state index in [0.717, 1.165) is 43.3 Å². The number of nitrogens with zero attached hydrogens (tertiary/aromatic N) is 4. The normalized spacial score (nSPS) is 13.0. The molecular weight excluding hydrogens is 338 g/mol. The fraction of sp³-hybridized carbons (Fsp3) is 0.524. The molecule has 0 bridgehead atoms. The van der Waals surface area contributed by atoms with E-state index in [9.17, 15) is 0 Å². The zero-order valence-electron chi connectivity index (χ0n) is 17.2. The van der Waals surface area contributed by atoms with Crippen molar-refractivity contribution in [3.63, 3.8) is 0 Å². The van der Waals surface area contributed by atoms with Gasteiger partial charge in [-0.3, -0.25) is 4.99 Å². The van der Waals surface area contributed by atoms with Crippen LogP contribution in [0.15, 0.2) is 47.7 Å². The zero-order chi connectivity index (χ0) is 19.6. The molecule has 1 aromatic carbocycles. The molecule has 148 valence electrons. The summed E-state index contributed by atoms with van der Waals surface area (Å²) in [5, 5.41) is 7.90. The van der Waals surface area contributed by atoms with Gasteiger partial charge >= 0.3 is 0 Å². The number of ether oxygens (including phenoxy) is 1. The van der Waals surface area contributed by atoms with Gasteiger partial charge in [0.25, 0.3) is 0 Å². The Labute approximate surface area is 163 Å². The Balaban J connectivity index is 1.88. The van der Waals surface area contributed by atoms with Gasteiger partial charge in [-0.15, -0.1) is 0 Å². The second-order valence-corrected chi connectivity index (χ2v) is 6.99. The largest absolute Gasteiger partial charge is 0.378 e. The highest BCUT2D eigenvalue weighted by Gasteiger charge is 2.14. The van der Waals surface area contributed by atoms with E-state index in [0.29, 0.717) is 5.92 Å². The highest BCUT2D eigenvalue weighted by molar-refractivity contribution is 5.79. The molecule has 6 nitrogen and oxygen atoms in total. The second-order valence-electron chi connectivity index (χ2n) is 6.99. The summed E-state index contributed by atoms with van der Waals surface area (Å²) in [5.74, 6) is 1.39. The van der Waals surface area contributed by atoms with Gasteiger partial charge in [0.2, 0.25) is 0 Å². The van der Waals surface area contributed by atoms with Crippen LogP contribution < -0.4 is 5.32 Å². The van der Waals surface area contributed by atoms with Gasteiger partial charge in [0.1, 0.15) is 0 Å². The summed E-state index contributed by atoms with van der Waals surface area (Å²) in [4.78, 5) is 6.51. The van der Waals surface area contributed by atoms with Gasteiger partial charge in [-0.25, -0.2) is 4.68 Å². The molecule has 0 saturated heterocycles. The molecule has 27 heavy (non-hydrogen) atoms. The molecule has 0 aliphatic rings. The molecule has 1 N–H and O–H groups in total. The molecule has 1 atom stereocenters. The number of aliphatic imine (C=N–C) groups is 1. The van der Waals surface area contributed by atoms with Crippen LogP contribution in [0.25, 0.3) is 5.69 Å². The highest BCUT2D eigenvalue weighted by Crippen LogP contribution is 2.11. The lowest BCUT2D eigenvalue weighted by Crippen LogP contribution is -2.40. The lowest BCUT2D eigenvalue weighted by atomic mass is 10.0. The summed E-state index contributed by atoms with van der Waals surface area (Å²) < 4.78 is 7.71. The Kier molecular flexibility index (Phi) is 8.33. The third kappa shape index (κ3) is 6.40. The van der Waals surface area contributed by atoms with Crippen molar-refractivity contribution in [1.82, 2.24) is 20.0 Å². The van der Waals surface area contributed by atoms with Crippen molar-refractivity contribution in [1.29, 1.82) is 0 Å². The average Bonchev–Trinajstić information content (AvgIpc) is 3.13. The number of nitrogens with one attached hydrogen (secondary N) is 1. The van der Waals surface area contributed by atoms with Crippen LogP contribution in [0.2, 0.25) is 0 Å². The van der Waals surface area contributed by atoms with Gasteiger partial charge in [-0.2, -0.15) is 5.10 Å². The first kappa shape index (κ1) is 21.0. The van der Waals surface area contributed by atoms with Crippen molar-refractivity contribution in [3.8, 4) is 5.69 Å². The maximum Gasteiger partial charge on any atom is 0.193 e. The number of para-hydroxylation sites is 1. The lowest BCUT2D eigenvalue weighted by molar-refractivity contribution is 0.0257. The van der Waals surface area contributed by atoms with Crippen LogP contribution in [0.3, 0.4) is 0 Å². The molecule has 1 unspecified atom stereocenters. The SMILES string of the molecule is CCOC(CCNC(=NC)N(C)Cc1cnn(-c2ccccc2)c1)C(C)C. The average molecular weight is 372 g/mol. The zero-order valence-corrected chi connectivity index (χ0v) is 17.2. The van der Waals surface area contributed by atoms with E-state index in [-0.39, 0.29) is 6.10 Å². The molecule has 2 rings (SSSR count). The quantitative estimate of drug-likeness (QED) is 0.543. The number of hydrogen-bond acceptors (Lipinski definition) is 3. The molecule has 0 radical (unpaired) electrons. The third-order valence-electron chi connectivity index (χ3n) is 4.49. The van der Waals surface area contributed by atoms with Crippen molar-refractivity contribution in [2.75, 3.05) is 27.2 Å². The van der Waals surface area contributed by atoms with E-state index < -0.39 is 0 Å². The fourth-order valence-corrected chi connectivity index (χ4v) is 3.05. The van der Waals surface area contributed by atoms with Crippen molar-refractivity contribution in [3.05, 3.63) is 48.3 Å². The van der Waals surface area contributed by atoms with Crippen molar-refractivity contribution in [2.24, 2.45) is 10.9 Å². The molecule has 0 saturated carbocycles. The van der Waals surface area contributed by atoms with Crippen LogP contribution >= 0.6 is 0 Å². The molecule has 0 amide bonds. The number of guanidine groups is 1. The van der Waals surface area contributed by atoms with Gasteiger partial charge in [-0.1, -0.05) is 32.0 Å². The maximum absolute atomic E-state index is 5.82. The van der Waals surface area contributed by atoms with Crippen LogP contribution in [0, 0.1) is 5.92 Å². The van der Waals surface area contributed by atoms with Gasteiger partial charge in [-0.05, 0) is 31.4 Å². The number of benzene rings is 1. The topological polar surface area (TPSA) is 54.7 Å². The summed E-state index contributed by atoms with van der Waals surface area (Å²) in [6.07, 6.45) is 5.20. The monoisotopic (exact) mass is 371 g/mol. The summed E-state index contributed by atoms with van der Waals surface area (Å²) in [6, 6.07) is 10.1. The Hall–Kier alpha value is -2.34. The minimum atomic E-state index is 0.273. The van der Waals surface area contributed by atoms with Crippen LogP contribution in [-0.2, 0) is 11.3 Å². The van der Waals surface area contributed by atoms with E-state index >= 15 is 0 Å². The van der Waals surface area contributed by atoms with E-state index in [1.165, 1.54) is 0 Å². The van der Waals surface area contributed by atoms with Crippen molar-refractivity contribution < 1.29 is 4.74 Å². The maximum atomic E-state index is 5.82. The first-order valence-electron chi connectivity index (χ1n) is 9.67. The summed E-state index contributed by atoms with van der Waals surface area (Å²) in [6.45, 7) is 8.78. The standard InChI is InChI=1S/C21H33N5O/c1-6-27-20(17(2)3)12-13-23-21(22-4)25(5)15-18-14-24-26(16-18)19-10-8-7-9-11-19/h7-11,14,16-17,20H,6,12-13,15H2,1-5H3,(H,22,23). The molecule has 0 aliphatic carbocycles. The summed E-state index contributed by atoms with van der Waals surface area (Å²) in [5.41, 5.74) is 2.20. The Morgan fingerprint density at radius 3 is 2.67 bits per heavy atom. The van der Waals surface area contributed by atoms with Crippen molar-refractivity contribution >= 4 is 5.96 Å². The Morgan fingerprint density at radius 1 is 1.30 bits per heavy atom. The second kappa shape index (κ2) is 10.7. The van der Waals surface area contributed by atoms with Crippen LogP contribution in [0.4, 0.5) is 0 Å². The molecule has 0 spiro atoms. The van der Waals surface area contributed by atoms with Crippen molar-refractivity contribution in [2.45, 2.75) is 39.8 Å². The number of aromatic nitrogens is 2. The third-order valence-corrected chi connectivity index (χ3v) is 4.49. The minimum absolute atomic E-state index is 0.273. The first-order chi connectivity index (χ1) is 13.0. The smallest absolute Gasteiger partial charge is 0.193 e. The van der Waals surface area contributed by atoms with Crippen LogP contribution in [0.1, 0.15) is 32.8 Å². The molecule has 0 aliphatic heterocycles. The first-order valence-corrected chi connectivity index (χ1v) is 9.67. The van der Waals surface area contributed by atoms with E-state index in [1.54, 1.807) is 0 Å². The van der Waals surface area contributed by atoms with Crippen LogP contribution in [0.5, 0.6) is 0 Å². The van der Waals surface area contributed by atoms with E-state index in [1.807, 2.05) is 62.2 Å². The predicted molar refractivity (Wildman–Crippen MR) is 111 cm³/mol. The lowest BCUT2D eigenvalue weighted by Gasteiger charge is -2.24. The summed E-state index contributed by atoms with van der Waals surface area (Å²) >= 11 is 0. The molecule has 0 fully saturated rings. The van der Waals surface area contributed by atoms with Gasteiger partial charge in [0, 0.05) is 45.6 Å². The minimum Gasteiger partial charge on any atom is -0.378 e. The fourth-order valence-electron chi connectivity index (χ4n) is 3.05. The molecule has 1 heterocycles. The van der Waals surface area contributed by atoms with E-state index in [4.69, 9.17) is 4.74 Å². The van der Waals surface area contributed by atoms with Gasteiger partial charge in [0.05, 0.1) is 18.0 Å². The Morgan fingerprint density at radius 2 is 2.04 bits per heavy atom. The van der Waals surface area contributed by atoms with Gasteiger partial charge < -0.3 is 15.0 Å². The van der Waals surface area contributed by atoms with Gasteiger partial charge in [0.15, 0.2) is 5.96 Å². The number of hydrogen-bond donors (Lipinski definition) is 1. The highest BCUT2D eigenvalue weighted by atomic mass is 16.5.